The summed E-state index contributed by atoms with van der Waals surface area (Å²) in [7, 11) is 0. The van der Waals surface area contributed by atoms with E-state index in [1.807, 2.05) is 30.3 Å². The fourth-order valence-electron chi connectivity index (χ4n) is 2.73. The largest absolute Gasteiger partial charge is 0.347 e. The van der Waals surface area contributed by atoms with Crippen molar-refractivity contribution in [3.63, 3.8) is 0 Å². The molecule has 0 saturated carbocycles. The van der Waals surface area contributed by atoms with Gasteiger partial charge in [0.1, 0.15) is 0 Å². The second-order valence-corrected chi connectivity index (χ2v) is 4.51. The molecule has 1 unspecified atom stereocenters. The van der Waals surface area contributed by atoms with Crippen LogP contribution in [0.5, 0.6) is 0 Å². The lowest BCUT2D eigenvalue weighted by Gasteiger charge is -2.37. The van der Waals surface area contributed by atoms with E-state index in [9.17, 15) is 4.79 Å². The fourth-order valence-corrected chi connectivity index (χ4v) is 2.73. The molecule has 0 spiro atoms. The number of carbonyl (C=O) groups excluding carboxylic acids is 1. The van der Waals surface area contributed by atoms with Gasteiger partial charge < -0.3 is 5.32 Å². The lowest BCUT2D eigenvalue weighted by molar-refractivity contribution is 0.0906. The molecule has 1 aliphatic carbocycles. The van der Waals surface area contributed by atoms with Crippen molar-refractivity contribution >= 4 is 5.91 Å². The first-order chi connectivity index (χ1) is 8.31. The number of nitrogens with zero attached hydrogens (tertiary/aromatic N) is 1. The van der Waals surface area contributed by atoms with Gasteiger partial charge in [0.15, 0.2) is 0 Å². The fraction of sp³-hybridized carbons (Fsp3) is 0.286. The van der Waals surface area contributed by atoms with Crippen LogP contribution >= 0.6 is 0 Å². The number of hydrogen-bond donors (Lipinski definition) is 1. The van der Waals surface area contributed by atoms with Gasteiger partial charge in [-0.25, -0.2) is 0 Å². The molecule has 3 rings (SSSR count). The number of rotatable bonds is 0. The minimum absolute atomic E-state index is 0.0580. The third kappa shape index (κ3) is 1.45. The molecule has 1 N–H and O–H groups in total. The molecule has 0 bridgehead atoms. The van der Waals surface area contributed by atoms with Crippen molar-refractivity contribution in [2.45, 2.75) is 18.4 Å². The van der Waals surface area contributed by atoms with Crippen molar-refractivity contribution in [1.82, 2.24) is 5.32 Å². The summed E-state index contributed by atoms with van der Waals surface area (Å²) in [5.74, 6) is -0.0398. The summed E-state index contributed by atoms with van der Waals surface area (Å²) < 4.78 is 0. The smallest absolute Gasteiger partial charge is 0.251 e. The normalized spacial score (nSPS) is 29.8. The van der Waals surface area contributed by atoms with Crippen LogP contribution in [0.2, 0.25) is 0 Å². The van der Waals surface area contributed by atoms with Crippen molar-refractivity contribution in [3.05, 3.63) is 47.5 Å². The average molecular weight is 224 g/mol. The molecule has 1 amide bonds. The Kier molecular flexibility index (Phi) is 2.22. The first-order valence-electron chi connectivity index (χ1n) is 5.77. The Morgan fingerprint density at radius 2 is 2.18 bits per heavy atom. The maximum Gasteiger partial charge on any atom is 0.251 e. The van der Waals surface area contributed by atoms with Gasteiger partial charge in [0.05, 0.1) is 18.0 Å². The highest BCUT2D eigenvalue weighted by Gasteiger charge is 2.38. The van der Waals surface area contributed by atoms with E-state index in [4.69, 9.17) is 5.26 Å². The lowest BCUT2D eigenvalue weighted by atomic mass is 9.75. The van der Waals surface area contributed by atoms with E-state index in [1.165, 1.54) is 0 Å². The number of hydrogen-bond acceptors (Lipinski definition) is 2. The van der Waals surface area contributed by atoms with Gasteiger partial charge in [0.2, 0.25) is 0 Å². The van der Waals surface area contributed by atoms with Gasteiger partial charge in [-0.3, -0.25) is 4.79 Å². The van der Waals surface area contributed by atoms with E-state index in [2.05, 4.69) is 17.5 Å². The van der Waals surface area contributed by atoms with Crippen LogP contribution in [0, 0.1) is 17.2 Å². The molecule has 84 valence electrons. The average Bonchev–Trinajstić information content (AvgIpc) is 2.39. The molecule has 1 heterocycles. The van der Waals surface area contributed by atoms with Crippen molar-refractivity contribution in [3.8, 4) is 6.07 Å². The minimum Gasteiger partial charge on any atom is -0.347 e. The second-order valence-electron chi connectivity index (χ2n) is 4.51. The van der Waals surface area contributed by atoms with Crippen LogP contribution in [0.3, 0.4) is 0 Å². The van der Waals surface area contributed by atoms with Gasteiger partial charge in [-0.2, -0.15) is 5.26 Å². The molecule has 3 nitrogen and oxygen atoms in total. The first kappa shape index (κ1) is 10.1. The SMILES string of the molecule is N#C[C@H]1CC=CC2c3ccccc3C(=O)N[C@H]21. The number of benzene rings is 1. The molecule has 1 aromatic rings. The van der Waals surface area contributed by atoms with E-state index < -0.39 is 0 Å². The third-order valence-electron chi connectivity index (χ3n) is 3.58. The van der Waals surface area contributed by atoms with Gasteiger partial charge in [-0.1, -0.05) is 30.4 Å². The van der Waals surface area contributed by atoms with Crippen LogP contribution in [0.4, 0.5) is 0 Å². The molecule has 17 heavy (non-hydrogen) atoms. The monoisotopic (exact) mass is 224 g/mol. The molecule has 3 atom stereocenters. The van der Waals surface area contributed by atoms with Gasteiger partial charge in [-0.15, -0.1) is 0 Å². The standard InChI is InChI=1S/C14H12N2O/c15-8-9-4-3-7-11-10-5-1-2-6-12(10)14(17)16-13(9)11/h1-3,5-7,9,11,13H,4H2,(H,16,17)/t9-,11?,13+/m1/s1. The summed E-state index contributed by atoms with van der Waals surface area (Å²) in [5.41, 5.74) is 1.77. The summed E-state index contributed by atoms with van der Waals surface area (Å²) in [5, 5.41) is 12.1. The molecular formula is C14H12N2O. The zero-order valence-electron chi connectivity index (χ0n) is 9.26. The Balaban J connectivity index is 2.12. The zero-order chi connectivity index (χ0) is 11.8. The number of nitrogens with one attached hydrogen (secondary N) is 1. The maximum absolute atomic E-state index is 12.0. The zero-order valence-corrected chi connectivity index (χ0v) is 9.26. The van der Waals surface area contributed by atoms with E-state index in [0.29, 0.717) is 0 Å². The van der Waals surface area contributed by atoms with Gasteiger partial charge in [0.25, 0.3) is 5.91 Å². The van der Waals surface area contributed by atoms with E-state index in [0.717, 1.165) is 17.5 Å². The predicted octanol–water partition coefficient (Wildman–Crippen LogP) is 1.98. The lowest BCUT2D eigenvalue weighted by Crippen LogP contribution is -2.48. The Morgan fingerprint density at radius 1 is 1.35 bits per heavy atom. The number of amides is 1. The molecule has 0 radical (unpaired) electrons. The second kappa shape index (κ2) is 3.74. The highest BCUT2D eigenvalue weighted by Crippen LogP contribution is 2.36. The van der Waals surface area contributed by atoms with E-state index >= 15 is 0 Å². The van der Waals surface area contributed by atoms with Crippen molar-refractivity contribution in [2.24, 2.45) is 5.92 Å². The van der Waals surface area contributed by atoms with Crippen LogP contribution in [0.25, 0.3) is 0 Å². The molecule has 1 aliphatic heterocycles. The third-order valence-corrected chi connectivity index (χ3v) is 3.58. The Bertz CT molecular complexity index is 541. The Morgan fingerprint density at radius 3 is 3.00 bits per heavy atom. The summed E-state index contributed by atoms with van der Waals surface area (Å²) in [4.78, 5) is 12.0. The van der Waals surface area contributed by atoms with Crippen molar-refractivity contribution in [1.29, 1.82) is 5.26 Å². The maximum atomic E-state index is 12.0. The first-order valence-corrected chi connectivity index (χ1v) is 5.77. The van der Waals surface area contributed by atoms with Crippen molar-refractivity contribution in [2.75, 3.05) is 0 Å². The number of allylic oxidation sites excluding steroid dienone is 1. The molecule has 0 saturated heterocycles. The molecule has 2 aliphatic rings. The highest BCUT2D eigenvalue weighted by atomic mass is 16.1. The number of fused-ring (bicyclic) bond motifs is 3. The molecule has 0 fully saturated rings. The van der Waals surface area contributed by atoms with Gasteiger partial charge in [0, 0.05) is 11.5 Å². The van der Waals surface area contributed by atoms with Crippen LogP contribution in [-0.4, -0.2) is 11.9 Å². The van der Waals surface area contributed by atoms with Crippen LogP contribution < -0.4 is 5.32 Å². The quantitative estimate of drug-likeness (QED) is 0.685. The minimum atomic E-state index is -0.123. The van der Waals surface area contributed by atoms with E-state index in [1.54, 1.807) is 0 Å². The van der Waals surface area contributed by atoms with Gasteiger partial charge >= 0.3 is 0 Å². The number of nitriles is 1. The van der Waals surface area contributed by atoms with Crippen LogP contribution in [0.1, 0.15) is 28.3 Å². The summed E-state index contributed by atoms with van der Waals surface area (Å²) in [6, 6.07) is 9.84. The van der Waals surface area contributed by atoms with Gasteiger partial charge in [-0.05, 0) is 18.1 Å². The summed E-state index contributed by atoms with van der Waals surface area (Å²) in [6.45, 7) is 0. The van der Waals surface area contributed by atoms with Crippen molar-refractivity contribution < 1.29 is 4.79 Å². The molecule has 1 aromatic carbocycles. The molecule has 3 heteroatoms. The topological polar surface area (TPSA) is 52.9 Å². The molecule has 0 aromatic heterocycles. The summed E-state index contributed by atoms with van der Waals surface area (Å²) in [6.07, 6.45) is 4.88. The number of carbonyl (C=O) groups is 1. The van der Waals surface area contributed by atoms with E-state index in [-0.39, 0.29) is 23.8 Å². The van der Waals surface area contributed by atoms with Crippen LogP contribution in [0.15, 0.2) is 36.4 Å². The Hall–Kier alpha value is -2.08. The highest BCUT2D eigenvalue weighted by molar-refractivity contribution is 5.97. The Labute approximate surface area is 99.8 Å². The predicted molar refractivity (Wildman–Crippen MR) is 63.3 cm³/mol. The molecular weight excluding hydrogens is 212 g/mol. The summed E-state index contributed by atoms with van der Waals surface area (Å²) >= 11 is 0. The van der Waals surface area contributed by atoms with Crippen LogP contribution in [-0.2, 0) is 0 Å².